The summed E-state index contributed by atoms with van der Waals surface area (Å²) in [5.74, 6) is 0.811. The lowest BCUT2D eigenvalue weighted by Crippen LogP contribution is -2.40. The average Bonchev–Trinajstić information content (AvgIpc) is 2.63. The molecule has 1 rings (SSSR count). The Kier molecular flexibility index (Phi) is 4.33. The van der Waals surface area contributed by atoms with Crippen LogP contribution in [-0.2, 0) is 0 Å². The van der Waals surface area contributed by atoms with Crippen LogP contribution in [0.5, 0.6) is 0 Å². The van der Waals surface area contributed by atoms with Gasteiger partial charge in [-0.15, -0.1) is 5.10 Å². The van der Waals surface area contributed by atoms with Gasteiger partial charge in [-0.2, -0.15) is 5.26 Å². The lowest BCUT2D eigenvalue weighted by molar-refractivity contribution is 0.455. The molecule has 16 heavy (non-hydrogen) atoms. The lowest BCUT2D eigenvalue weighted by Gasteiger charge is -2.23. The van der Waals surface area contributed by atoms with E-state index in [9.17, 15) is 0 Å². The van der Waals surface area contributed by atoms with Crippen molar-refractivity contribution in [3.63, 3.8) is 0 Å². The fraction of sp³-hybridized carbons (Fsp3) is 0.700. The predicted molar refractivity (Wildman–Crippen MR) is 64.1 cm³/mol. The van der Waals surface area contributed by atoms with Crippen LogP contribution in [-0.4, -0.2) is 33.0 Å². The van der Waals surface area contributed by atoms with Crippen molar-refractivity contribution in [3.8, 4) is 6.07 Å². The molecule has 1 heterocycles. The average molecular weight is 239 g/mol. The predicted octanol–water partition coefficient (Wildman–Crippen LogP) is 1.49. The second-order valence-corrected chi connectivity index (χ2v) is 5.44. The first-order valence-electron chi connectivity index (χ1n) is 5.15. The summed E-state index contributed by atoms with van der Waals surface area (Å²) in [7, 11) is 1.80. The second-order valence-electron chi connectivity index (χ2n) is 4.03. The molecular weight excluding hydrogens is 222 g/mol. The second kappa shape index (κ2) is 5.32. The van der Waals surface area contributed by atoms with Crippen molar-refractivity contribution >= 4 is 11.8 Å². The van der Waals surface area contributed by atoms with Crippen LogP contribution < -0.4 is 5.32 Å². The van der Waals surface area contributed by atoms with Crippen LogP contribution in [0.1, 0.15) is 26.1 Å². The Labute approximate surface area is 100 Å². The molecule has 0 radical (unpaired) electrons. The Morgan fingerprint density at radius 1 is 1.69 bits per heavy atom. The van der Waals surface area contributed by atoms with Gasteiger partial charge in [-0.05, 0) is 27.3 Å². The molecule has 0 saturated carbocycles. The number of hydrogen-bond acceptors (Lipinski definition) is 5. The molecule has 2 N–H and O–H groups in total. The van der Waals surface area contributed by atoms with Gasteiger partial charge >= 0.3 is 0 Å². The highest BCUT2D eigenvalue weighted by Gasteiger charge is 2.25. The van der Waals surface area contributed by atoms with Crippen LogP contribution in [0.4, 0.5) is 0 Å². The number of thioether (sulfide) groups is 1. The van der Waals surface area contributed by atoms with Crippen molar-refractivity contribution in [2.75, 3.05) is 7.05 Å². The van der Waals surface area contributed by atoms with E-state index in [1.807, 2.05) is 13.8 Å². The quantitative estimate of drug-likeness (QED) is 0.761. The molecule has 0 amide bonds. The first-order chi connectivity index (χ1) is 7.49. The van der Waals surface area contributed by atoms with Gasteiger partial charge in [0, 0.05) is 5.25 Å². The molecule has 2 atom stereocenters. The third-order valence-corrected chi connectivity index (χ3v) is 3.34. The summed E-state index contributed by atoms with van der Waals surface area (Å²) in [5, 5.41) is 20.0. The molecule has 0 saturated heterocycles. The molecule has 0 aliphatic carbocycles. The maximum absolute atomic E-state index is 9.05. The van der Waals surface area contributed by atoms with Gasteiger partial charge in [0.2, 0.25) is 5.16 Å². The summed E-state index contributed by atoms with van der Waals surface area (Å²) in [4.78, 5) is 4.23. The van der Waals surface area contributed by atoms with Gasteiger partial charge in [-0.1, -0.05) is 18.7 Å². The van der Waals surface area contributed by atoms with E-state index in [-0.39, 0.29) is 5.25 Å². The number of aromatic amines is 1. The van der Waals surface area contributed by atoms with Crippen LogP contribution in [0.2, 0.25) is 0 Å². The van der Waals surface area contributed by atoms with Gasteiger partial charge < -0.3 is 5.32 Å². The van der Waals surface area contributed by atoms with E-state index in [4.69, 9.17) is 5.26 Å². The highest BCUT2D eigenvalue weighted by molar-refractivity contribution is 7.99. The number of H-pyrrole nitrogens is 1. The maximum Gasteiger partial charge on any atom is 0.208 e. The third-order valence-electron chi connectivity index (χ3n) is 2.38. The number of nitrogens with zero attached hydrogens (tertiary/aromatic N) is 3. The van der Waals surface area contributed by atoms with Crippen molar-refractivity contribution in [1.82, 2.24) is 20.5 Å². The number of hydrogen-bond donors (Lipinski definition) is 2. The summed E-state index contributed by atoms with van der Waals surface area (Å²) in [6, 6.07) is 2.28. The van der Waals surface area contributed by atoms with Gasteiger partial charge in [-0.25, -0.2) is 4.98 Å². The van der Waals surface area contributed by atoms with E-state index in [2.05, 4.69) is 33.5 Å². The zero-order valence-corrected chi connectivity index (χ0v) is 10.9. The molecule has 0 bridgehead atoms. The molecular formula is C10H17N5S. The summed E-state index contributed by atoms with van der Waals surface area (Å²) < 4.78 is 0. The van der Waals surface area contributed by atoms with Gasteiger partial charge in [0.05, 0.1) is 6.07 Å². The third kappa shape index (κ3) is 3.51. The lowest BCUT2D eigenvalue weighted by atomic mass is 9.98. The fourth-order valence-electron chi connectivity index (χ4n) is 1.38. The number of aryl methyl sites for hydroxylation is 1. The number of aromatic nitrogens is 3. The molecule has 0 aromatic carbocycles. The Morgan fingerprint density at radius 3 is 2.81 bits per heavy atom. The molecule has 0 aliphatic heterocycles. The minimum atomic E-state index is -0.488. The standard InChI is InChI=1S/C10H17N5S/c1-7(5-10(3,6-11)12-4)16-9-13-8(2)14-15-9/h7,12H,5H2,1-4H3,(H,13,14,15). The Hall–Kier alpha value is -1.06. The van der Waals surface area contributed by atoms with Crippen molar-refractivity contribution in [2.24, 2.45) is 0 Å². The van der Waals surface area contributed by atoms with Crippen LogP contribution in [0.15, 0.2) is 5.16 Å². The van der Waals surface area contributed by atoms with E-state index in [0.717, 1.165) is 17.4 Å². The first kappa shape index (κ1) is 13.0. The van der Waals surface area contributed by atoms with E-state index in [1.54, 1.807) is 18.8 Å². The topological polar surface area (TPSA) is 77.4 Å². The van der Waals surface area contributed by atoms with E-state index < -0.39 is 5.54 Å². The van der Waals surface area contributed by atoms with Gasteiger partial charge in [0.15, 0.2) is 0 Å². The van der Waals surface area contributed by atoms with Gasteiger partial charge in [-0.3, -0.25) is 5.10 Å². The SMILES string of the molecule is CNC(C)(C#N)CC(C)Sc1n[nH]c(C)n1. The number of rotatable bonds is 5. The summed E-state index contributed by atoms with van der Waals surface area (Å²) in [6.45, 7) is 5.84. The monoisotopic (exact) mass is 239 g/mol. The normalized spacial score (nSPS) is 16.4. The number of nitriles is 1. The van der Waals surface area contributed by atoms with Crippen LogP contribution in [0, 0.1) is 18.3 Å². The molecule has 6 heteroatoms. The number of nitrogens with one attached hydrogen (secondary N) is 2. The first-order valence-corrected chi connectivity index (χ1v) is 6.03. The van der Waals surface area contributed by atoms with E-state index in [0.29, 0.717) is 0 Å². The zero-order valence-electron chi connectivity index (χ0n) is 10.0. The maximum atomic E-state index is 9.05. The summed E-state index contributed by atoms with van der Waals surface area (Å²) >= 11 is 1.58. The smallest absolute Gasteiger partial charge is 0.208 e. The highest BCUT2D eigenvalue weighted by Crippen LogP contribution is 2.25. The van der Waals surface area contributed by atoms with Gasteiger partial charge in [0.25, 0.3) is 0 Å². The van der Waals surface area contributed by atoms with Crippen LogP contribution in [0.25, 0.3) is 0 Å². The molecule has 0 spiro atoms. The van der Waals surface area contributed by atoms with Crippen molar-refractivity contribution < 1.29 is 0 Å². The molecule has 88 valence electrons. The fourth-order valence-corrected chi connectivity index (χ4v) is 2.44. The van der Waals surface area contributed by atoms with Crippen LogP contribution in [0.3, 0.4) is 0 Å². The van der Waals surface area contributed by atoms with E-state index >= 15 is 0 Å². The molecule has 1 aromatic rings. The van der Waals surface area contributed by atoms with Crippen LogP contribution >= 0.6 is 11.8 Å². The Bertz CT molecular complexity index is 383. The molecule has 1 aromatic heterocycles. The van der Waals surface area contributed by atoms with Crippen molar-refractivity contribution in [3.05, 3.63) is 5.82 Å². The van der Waals surface area contributed by atoms with E-state index in [1.165, 1.54) is 0 Å². The molecule has 0 fully saturated rings. The highest BCUT2D eigenvalue weighted by atomic mass is 32.2. The Balaban J connectivity index is 2.54. The minimum Gasteiger partial charge on any atom is -0.303 e. The van der Waals surface area contributed by atoms with Crippen molar-refractivity contribution in [1.29, 1.82) is 5.26 Å². The zero-order chi connectivity index (χ0) is 12.2. The van der Waals surface area contributed by atoms with Gasteiger partial charge in [0.1, 0.15) is 11.4 Å². The molecule has 2 unspecified atom stereocenters. The minimum absolute atomic E-state index is 0.285. The largest absolute Gasteiger partial charge is 0.303 e. The Morgan fingerprint density at radius 2 is 2.38 bits per heavy atom. The summed E-state index contributed by atoms with van der Waals surface area (Å²) in [6.07, 6.45) is 0.748. The summed E-state index contributed by atoms with van der Waals surface area (Å²) in [5.41, 5.74) is -0.488. The van der Waals surface area contributed by atoms with Crippen molar-refractivity contribution in [2.45, 2.75) is 43.1 Å². The molecule has 5 nitrogen and oxygen atoms in total. The molecule has 0 aliphatic rings.